The number of nitrogens with two attached hydrogens (primary N) is 1. The molecule has 0 aromatic heterocycles. The zero-order valence-corrected chi connectivity index (χ0v) is 11.1. The van der Waals surface area contributed by atoms with E-state index in [9.17, 15) is 8.42 Å². The summed E-state index contributed by atoms with van der Waals surface area (Å²) in [5.41, 5.74) is 3.09. The maximum absolute atomic E-state index is 10.5. The first-order valence-corrected chi connectivity index (χ1v) is 6.58. The van der Waals surface area contributed by atoms with Crippen LogP contribution in [0.15, 0.2) is 29.2 Å². The molecule has 102 valence electrons. The molecule has 1 aromatic carbocycles. The van der Waals surface area contributed by atoms with Crippen LogP contribution < -0.4 is 16.6 Å². The normalized spacial score (nSPS) is 10.0. The summed E-state index contributed by atoms with van der Waals surface area (Å²) in [5.74, 6) is 4.98. The number of aryl methyl sites for hydroxylation is 1. The average molecular weight is 274 g/mol. The van der Waals surface area contributed by atoms with E-state index in [1.165, 1.54) is 12.1 Å². The van der Waals surface area contributed by atoms with Gasteiger partial charge in [-0.1, -0.05) is 17.7 Å². The SMILES string of the molecule is CCNC(=N)NN.Cc1ccc(S(=O)(=O)O)cc1. The molecule has 0 heterocycles. The Bertz CT molecular complexity index is 470. The zero-order chi connectivity index (χ0) is 14.2. The minimum atomic E-state index is -4.02. The third-order valence-electron chi connectivity index (χ3n) is 1.82. The molecule has 0 unspecified atom stereocenters. The summed E-state index contributed by atoms with van der Waals surface area (Å²) in [4.78, 5) is -0.0666. The summed E-state index contributed by atoms with van der Waals surface area (Å²) in [7, 11) is -4.02. The van der Waals surface area contributed by atoms with Gasteiger partial charge in [0, 0.05) is 6.54 Å². The van der Waals surface area contributed by atoms with Crippen molar-refractivity contribution in [3.8, 4) is 0 Å². The number of hydrogen-bond acceptors (Lipinski definition) is 4. The molecule has 0 fully saturated rings. The van der Waals surface area contributed by atoms with Gasteiger partial charge in [-0.15, -0.1) is 0 Å². The summed E-state index contributed by atoms with van der Waals surface area (Å²) < 4.78 is 29.6. The van der Waals surface area contributed by atoms with Crippen molar-refractivity contribution in [3.63, 3.8) is 0 Å². The molecule has 0 aliphatic heterocycles. The molecule has 0 aliphatic rings. The van der Waals surface area contributed by atoms with Crippen LogP contribution in [0, 0.1) is 12.3 Å². The van der Waals surface area contributed by atoms with E-state index < -0.39 is 10.1 Å². The minimum absolute atomic E-state index is 0.0666. The summed E-state index contributed by atoms with van der Waals surface area (Å²) in [6.45, 7) is 4.46. The van der Waals surface area contributed by atoms with Gasteiger partial charge in [0.05, 0.1) is 4.90 Å². The van der Waals surface area contributed by atoms with Crippen LogP contribution in [0.5, 0.6) is 0 Å². The van der Waals surface area contributed by atoms with Crippen LogP contribution in [-0.2, 0) is 10.1 Å². The fourth-order valence-electron chi connectivity index (χ4n) is 0.938. The second-order valence-electron chi connectivity index (χ2n) is 3.34. The number of hydrazine groups is 1. The van der Waals surface area contributed by atoms with Crippen LogP contribution in [0.1, 0.15) is 12.5 Å². The van der Waals surface area contributed by atoms with Gasteiger partial charge < -0.3 is 5.32 Å². The summed E-state index contributed by atoms with van der Waals surface area (Å²) in [6.07, 6.45) is 0. The minimum Gasteiger partial charge on any atom is -0.356 e. The van der Waals surface area contributed by atoms with Crippen LogP contribution >= 0.6 is 0 Å². The molecule has 0 saturated heterocycles. The second-order valence-corrected chi connectivity index (χ2v) is 4.76. The highest BCUT2D eigenvalue weighted by molar-refractivity contribution is 7.85. The molecule has 6 N–H and O–H groups in total. The van der Waals surface area contributed by atoms with E-state index in [4.69, 9.17) is 15.8 Å². The van der Waals surface area contributed by atoms with Gasteiger partial charge in [0.25, 0.3) is 10.1 Å². The molecular weight excluding hydrogens is 256 g/mol. The Morgan fingerprint density at radius 2 is 1.89 bits per heavy atom. The Kier molecular flexibility index (Phi) is 6.94. The van der Waals surface area contributed by atoms with Crippen LogP contribution in [0.3, 0.4) is 0 Å². The molecular formula is C10H18N4O3S. The van der Waals surface area contributed by atoms with Gasteiger partial charge >= 0.3 is 0 Å². The molecule has 18 heavy (non-hydrogen) atoms. The smallest absolute Gasteiger partial charge is 0.294 e. The Labute approximate surface area is 107 Å². The monoisotopic (exact) mass is 274 g/mol. The first-order chi connectivity index (χ1) is 8.31. The summed E-state index contributed by atoms with van der Waals surface area (Å²) in [5, 5.41) is 9.43. The molecule has 0 atom stereocenters. The third-order valence-corrected chi connectivity index (χ3v) is 2.68. The van der Waals surface area contributed by atoms with Crippen molar-refractivity contribution in [2.45, 2.75) is 18.7 Å². The van der Waals surface area contributed by atoms with Crippen molar-refractivity contribution in [3.05, 3.63) is 29.8 Å². The second kappa shape index (κ2) is 7.64. The topological polar surface area (TPSA) is 128 Å². The lowest BCUT2D eigenvalue weighted by atomic mass is 10.2. The van der Waals surface area contributed by atoms with Crippen molar-refractivity contribution >= 4 is 16.1 Å². The van der Waals surface area contributed by atoms with Gasteiger partial charge in [0.2, 0.25) is 5.96 Å². The zero-order valence-electron chi connectivity index (χ0n) is 10.3. The van der Waals surface area contributed by atoms with Crippen molar-refractivity contribution in [1.82, 2.24) is 10.7 Å². The lowest BCUT2D eigenvalue weighted by molar-refractivity contribution is 0.483. The van der Waals surface area contributed by atoms with Gasteiger partial charge in [0.1, 0.15) is 0 Å². The molecule has 0 aliphatic carbocycles. The van der Waals surface area contributed by atoms with E-state index in [1.54, 1.807) is 12.1 Å². The van der Waals surface area contributed by atoms with Gasteiger partial charge in [-0.2, -0.15) is 8.42 Å². The molecule has 1 rings (SSSR count). The summed E-state index contributed by atoms with van der Waals surface area (Å²) in [6, 6.07) is 5.99. The number of rotatable bonds is 2. The van der Waals surface area contributed by atoms with Crippen molar-refractivity contribution in [2.75, 3.05) is 6.54 Å². The van der Waals surface area contributed by atoms with Gasteiger partial charge in [-0.25, -0.2) is 5.84 Å². The molecule has 0 radical (unpaired) electrons. The van der Waals surface area contributed by atoms with Gasteiger partial charge in [0.15, 0.2) is 0 Å². The molecule has 7 nitrogen and oxygen atoms in total. The van der Waals surface area contributed by atoms with Crippen LogP contribution in [0.25, 0.3) is 0 Å². The highest BCUT2D eigenvalue weighted by Gasteiger charge is 2.06. The van der Waals surface area contributed by atoms with Crippen LogP contribution in [0.2, 0.25) is 0 Å². The number of nitrogens with one attached hydrogen (secondary N) is 3. The molecule has 0 bridgehead atoms. The quantitative estimate of drug-likeness (QED) is 0.173. The third kappa shape index (κ3) is 6.84. The fourth-order valence-corrected chi connectivity index (χ4v) is 1.42. The molecule has 0 spiro atoms. The first-order valence-electron chi connectivity index (χ1n) is 5.14. The Balaban J connectivity index is 0.000000360. The summed E-state index contributed by atoms with van der Waals surface area (Å²) >= 11 is 0. The molecule has 0 amide bonds. The lowest BCUT2D eigenvalue weighted by Crippen LogP contribution is -2.40. The van der Waals surface area contributed by atoms with E-state index in [2.05, 4.69) is 10.7 Å². The average Bonchev–Trinajstić information content (AvgIpc) is 2.29. The highest BCUT2D eigenvalue weighted by atomic mass is 32.2. The Morgan fingerprint density at radius 3 is 2.17 bits per heavy atom. The highest BCUT2D eigenvalue weighted by Crippen LogP contribution is 2.08. The maximum Gasteiger partial charge on any atom is 0.294 e. The Morgan fingerprint density at radius 1 is 1.39 bits per heavy atom. The molecule has 0 saturated carbocycles. The maximum atomic E-state index is 10.5. The van der Waals surface area contributed by atoms with Crippen molar-refractivity contribution in [1.29, 1.82) is 5.41 Å². The van der Waals surface area contributed by atoms with Crippen molar-refractivity contribution < 1.29 is 13.0 Å². The Hall–Kier alpha value is -1.64. The predicted octanol–water partition coefficient (Wildman–Crippen LogP) is 0.236. The van der Waals surface area contributed by atoms with E-state index in [0.29, 0.717) is 0 Å². The predicted molar refractivity (Wildman–Crippen MR) is 69.7 cm³/mol. The van der Waals surface area contributed by atoms with E-state index in [-0.39, 0.29) is 10.9 Å². The van der Waals surface area contributed by atoms with Gasteiger partial charge in [-0.3, -0.25) is 15.4 Å². The number of guanidine groups is 1. The standard InChI is InChI=1S/C7H8O3S.C3H10N4/c1-6-2-4-7(5-3-6)11(8,9)10;1-2-6-3(4)7-5/h2-5H,1H3,(H,8,9,10);2,5H2,1H3,(H3,4,6,7). The largest absolute Gasteiger partial charge is 0.356 e. The number of benzene rings is 1. The number of hydrogen-bond donors (Lipinski definition) is 5. The van der Waals surface area contributed by atoms with Crippen LogP contribution in [0.4, 0.5) is 0 Å². The van der Waals surface area contributed by atoms with Crippen molar-refractivity contribution in [2.24, 2.45) is 5.84 Å². The molecule has 1 aromatic rings. The van der Waals surface area contributed by atoms with E-state index >= 15 is 0 Å². The van der Waals surface area contributed by atoms with Gasteiger partial charge in [-0.05, 0) is 26.0 Å². The first kappa shape index (κ1) is 16.4. The fraction of sp³-hybridized carbons (Fsp3) is 0.300. The van der Waals surface area contributed by atoms with E-state index in [0.717, 1.165) is 12.1 Å². The molecule has 8 heteroatoms. The lowest BCUT2D eigenvalue weighted by Gasteiger charge is -2.00. The van der Waals surface area contributed by atoms with E-state index in [1.807, 2.05) is 13.8 Å². The van der Waals surface area contributed by atoms with Crippen LogP contribution in [-0.4, -0.2) is 25.5 Å².